The van der Waals surface area contributed by atoms with Crippen LogP contribution in [-0.4, -0.2) is 43.1 Å². The van der Waals surface area contributed by atoms with Gasteiger partial charge in [0.1, 0.15) is 11.8 Å². The smallest absolute Gasteiger partial charge is 0.322 e. The molecule has 27 heavy (non-hydrogen) atoms. The van der Waals surface area contributed by atoms with Crippen molar-refractivity contribution in [2.75, 3.05) is 30.4 Å². The van der Waals surface area contributed by atoms with Gasteiger partial charge in [-0.1, -0.05) is 6.07 Å². The summed E-state index contributed by atoms with van der Waals surface area (Å²) in [6.45, 7) is 2.52. The summed E-state index contributed by atoms with van der Waals surface area (Å²) in [4.78, 5) is 28.5. The maximum Gasteiger partial charge on any atom is 0.322 e. The lowest BCUT2D eigenvalue weighted by Gasteiger charge is -2.39. The van der Waals surface area contributed by atoms with Crippen LogP contribution in [0, 0.1) is 11.3 Å². The lowest BCUT2D eigenvalue weighted by atomic mass is 10.1. The van der Waals surface area contributed by atoms with E-state index in [1.807, 2.05) is 18.2 Å². The zero-order valence-corrected chi connectivity index (χ0v) is 15.2. The van der Waals surface area contributed by atoms with Crippen molar-refractivity contribution < 1.29 is 14.3 Å². The summed E-state index contributed by atoms with van der Waals surface area (Å²) >= 11 is 0. The molecule has 1 N–H and O–H groups in total. The number of methoxy groups -OCH3 is 1. The molecule has 1 saturated heterocycles. The average Bonchev–Trinajstić information content (AvgIpc) is 2.70. The quantitative estimate of drug-likeness (QED) is 0.907. The summed E-state index contributed by atoms with van der Waals surface area (Å²) in [5, 5.41) is 11.7. The zero-order chi connectivity index (χ0) is 19.4. The van der Waals surface area contributed by atoms with Gasteiger partial charge in [-0.2, -0.15) is 5.26 Å². The van der Waals surface area contributed by atoms with Crippen molar-refractivity contribution in [1.82, 2.24) is 4.90 Å². The van der Waals surface area contributed by atoms with E-state index in [4.69, 9.17) is 10.00 Å². The first-order chi connectivity index (χ1) is 13.0. The number of ether oxygens (including phenoxy) is 1. The van der Waals surface area contributed by atoms with Gasteiger partial charge in [-0.05, 0) is 49.4 Å². The van der Waals surface area contributed by atoms with E-state index in [1.54, 1.807) is 55.3 Å². The summed E-state index contributed by atoms with van der Waals surface area (Å²) in [6.07, 6.45) is 0. The molecule has 0 saturated carbocycles. The minimum Gasteiger partial charge on any atom is -0.497 e. The number of benzene rings is 2. The average molecular weight is 364 g/mol. The lowest BCUT2D eigenvalue weighted by molar-refractivity contribution is -0.123. The molecular formula is C20H20N4O3. The number of urea groups is 1. The van der Waals surface area contributed by atoms with Gasteiger partial charge in [0.05, 0.1) is 18.7 Å². The maximum absolute atomic E-state index is 12.8. The molecule has 1 atom stereocenters. The fourth-order valence-corrected chi connectivity index (χ4v) is 3.03. The Kier molecular flexibility index (Phi) is 5.27. The molecule has 7 nitrogen and oxygen atoms in total. The number of nitrogens with zero attached hydrogens (tertiary/aromatic N) is 3. The first-order valence-corrected chi connectivity index (χ1v) is 8.56. The Morgan fingerprint density at radius 1 is 1.22 bits per heavy atom. The number of nitriles is 1. The Labute approximate surface area is 157 Å². The highest BCUT2D eigenvalue weighted by atomic mass is 16.5. The van der Waals surface area contributed by atoms with Gasteiger partial charge in [0.2, 0.25) is 5.91 Å². The van der Waals surface area contributed by atoms with Crippen molar-refractivity contribution in [3.8, 4) is 11.8 Å². The summed E-state index contributed by atoms with van der Waals surface area (Å²) in [6, 6.07) is 15.0. The third-order valence-electron chi connectivity index (χ3n) is 4.54. The van der Waals surface area contributed by atoms with E-state index in [9.17, 15) is 9.59 Å². The maximum atomic E-state index is 12.8. The first-order valence-electron chi connectivity index (χ1n) is 8.56. The number of anilines is 2. The molecule has 0 aliphatic carbocycles. The number of hydrogen-bond donors (Lipinski definition) is 1. The molecule has 3 rings (SSSR count). The lowest BCUT2D eigenvalue weighted by Crippen LogP contribution is -2.58. The molecule has 2 aromatic carbocycles. The van der Waals surface area contributed by atoms with Crippen LogP contribution in [0.3, 0.4) is 0 Å². The van der Waals surface area contributed by atoms with E-state index >= 15 is 0 Å². The first kappa shape index (κ1) is 18.3. The largest absolute Gasteiger partial charge is 0.497 e. The topological polar surface area (TPSA) is 85.7 Å². The number of carbonyl (C=O) groups excluding carboxylic acids is 2. The minimum absolute atomic E-state index is 0.146. The summed E-state index contributed by atoms with van der Waals surface area (Å²) in [5.74, 6) is 0.573. The highest BCUT2D eigenvalue weighted by molar-refractivity contribution is 6.01. The predicted octanol–water partition coefficient (Wildman–Crippen LogP) is 2.84. The molecule has 1 unspecified atom stereocenters. The van der Waals surface area contributed by atoms with Gasteiger partial charge >= 0.3 is 6.03 Å². The van der Waals surface area contributed by atoms with Crippen LogP contribution in [0.1, 0.15) is 12.5 Å². The van der Waals surface area contributed by atoms with E-state index in [-0.39, 0.29) is 11.9 Å². The van der Waals surface area contributed by atoms with E-state index in [0.717, 1.165) is 11.4 Å². The van der Waals surface area contributed by atoms with Gasteiger partial charge in [-0.3, -0.25) is 4.79 Å². The Bertz CT molecular complexity index is 889. The molecule has 1 fully saturated rings. The van der Waals surface area contributed by atoms with E-state index in [1.165, 1.54) is 4.90 Å². The Hall–Kier alpha value is -3.53. The third-order valence-corrected chi connectivity index (χ3v) is 4.54. The van der Waals surface area contributed by atoms with Crippen LogP contribution in [0.2, 0.25) is 0 Å². The molecule has 7 heteroatoms. The molecule has 1 aliphatic heterocycles. The van der Waals surface area contributed by atoms with Crippen LogP contribution < -0.4 is 15.0 Å². The van der Waals surface area contributed by atoms with E-state index in [0.29, 0.717) is 24.3 Å². The number of carbonyl (C=O) groups is 2. The standard InChI is InChI=1S/C20H20N4O3/c1-14-19(25)24(17-6-8-18(27-2)9-7-17)11-10-23(14)20(26)22-16-5-3-4-15(12-16)13-21/h3-9,12,14H,10-11H2,1-2H3,(H,22,26). The fourth-order valence-electron chi connectivity index (χ4n) is 3.03. The molecule has 0 bridgehead atoms. The second-order valence-electron chi connectivity index (χ2n) is 6.18. The van der Waals surface area contributed by atoms with Gasteiger partial charge in [0.25, 0.3) is 0 Å². The van der Waals surface area contributed by atoms with E-state index in [2.05, 4.69) is 5.32 Å². The van der Waals surface area contributed by atoms with Crippen molar-refractivity contribution in [2.24, 2.45) is 0 Å². The summed E-state index contributed by atoms with van der Waals surface area (Å²) in [5.41, 5.74) is 1.76. The number of amides is 3. The molecule has 0 radical (unpaired) electrons. The van der Waals surface area contributed by atoms with Crippen LogP contribution >= 0.6 is 0 Å². The van der Waals surface area contributed by atoms with Crippen LogP contribution in [0.15, 0.2) is 48.5 Å². The van der Waals surface area contributed by atoms with Crippen LogP contribution in [0.5, 0.6) is 5.75 Å². The van der Waals surface area contributed by atoms with Crippen LogP contribution in [0.4, 0.5) is 16.2 Å². The van der Waals surface area contributed by atoms with Crippen LogP contribution in [-0.2, 0) is 4.79 Å². The van der Waals surface area contributed by atoms with Crippen LogP contribution in [0.25, 0.3) is 0 Å². The van der Waals surface area contributed by atoms with E-state index < -0.39 is 6.04 Å². The molecule has 0 aromatic heterocycles. The van der Waals surface area contributed by atoms with Crippen molar-refractivity contribution in [2.45, 2.75) is 13.0 Å². The fraction of sp³-hybridized carbons (Fsp3) is 0.250. The summed E-state index contributed by atoms with van der Waals surface area (Å²) < 4.78 is 5.14. The number of hydrogen-bond acceptors (Lipinski definition) is 4. The molecule has 0 spiro atoms. The minimum atomic E-state index is -0.597. The number of piperazine rings is 1. The highest BCUT2D eigenvalue weighted by Gasteiger charge is 2.35. The highest BCUT2D eigenvalue weighted by Crippen LogP contribution is 2.23. The van der Waals surface area contributed by atoms with Gasteiger partial charge in [0, 0.05) is 24.5 Å². The Morgan fingerprint density at radius 3 is 2.63 bits per heavy atom. The molecule has 1 aliphatic rings. The van der Waals surface area contributed by atoms with Gasteiger partial charge in [0.15, 0.2) is 0 Å². The monoisotopic (exact) mass is 364 g/mol. The van der Waals surface area contributed by atoms with Gasteiger partial charge < -0.3 is 19.9 Å². The van der Waals surface area contributed by atoms with Crippen molar-refractivity contribution in [3.63, 3.8) is 0 Å². The van der Waals surface area contributed by atoms with Crippen molar-refractivity contribution in [1.29, 1.82) is 5.26 Å². The zero-order valence-electron chi connectivity index (χ0n) is 15.2. The molecular weight excluding hydrogens is 344 g/mol. The second-order valence-corrected chi connectivity index (χ2v) is 6.18. The number of rotatable bonds is 3. The van der Waals surface area contributed by atoms with Crippen molar-refractivity contribution >= 4 is 23.3 Å². The Balaban J connectivity index is 1.69. The number of nitrogens with one attached hydrogen (secondary N) is 1. The predicted molar refractivity (Wildman–Crippen MR) is 102 cm³/mol. The summed E-state index contributed by atoms with van der Waals surface area (Å²) in [7, 11) is 1.59. The SMILES string of the molecule is COc1ccc(N2CCN(C(=O)Nc3cccc(C#N)c3)C(C)C2=O)cc1. The molecule has 2 aromatic rings. The Morgan fingerprint density at radius 2 is 1.96 bits per heavy atom. The van der Waals surface area contributed by atoms with Gasteiger partial charge in [-0.25, -0.2) is 4.79 Å². The normalized spacial score (nSPS) is 16.6. The second kappa shape index (κ2) is 7.79. The van der Waals surface area contributed by atoms with Gasteiger partial charge in [-0.15, -0.1) is 0 Å². The molecule has 1 heterocycles. The van der Waals surface area contributed by atoms with Crippen molar-refractivity contribution in [3.05, 3.63) is 54.1 Å². The molecule has 3 amide bonds. The molecule has 138 valence electrons. The third kappa shape index (κ3) is 3.85.